The molecule has 0 unspecified atom stereocenters. The summed E-state index contributed by atoms with van der Waals surface area (Å²) in [4.78, 5) is 21.3. The molecule has 0 radical (unpaired) electrons. The van der Waals surface area contributed by atoms with Crippen LogP contribution in [0.1, 0.15) is 16.1 Å². The van der Waals surface area contributed by atoms with Gasteiger partial charge in [0, 0.05) is 28.9 Å². The third-order valence-electron chi connectivity index (χ3n) is 4.00. The van der Waals surface area contributed by atoms with Crippen molar-refractivity contribution in [2.75, 3.05) is 0 Å². The maximum atomic E-state index is 12.5. The summed E-state index contributed by atoms with van der Waals surface area (Å²) in [7, 11) is 0. The Morgan fingerprint density at radius 1 is 1.00 bits per heavy atom. The van der Waals surface area contributed by atoms with Crippen LogP contribution in [0.4, 0.5) is 0 Å². The number of amides is 1. The first-order valence-electron chi connectivity index (χ1n) is 7.91. The van der Waals surface area contributed by atoms with Crippen LogP contribution in [0.15, 0.2) is 71.7 Å². The Bertz CT molecular complexity index is 1030. The van der Waals surface area contributed by atoms with E-state index in [-0.39, 0.29) is 5.91 Å². The second-order valence-electron chi connectivity index (χ2n) is 5.61. The number of fused-ring (bicyclic) bond motifs is 1. The molecule has 4 aromatic rings. The number of thiophene rings is 1. The number of nitrogens with one attached hydrogen (secondary N) is 1. The van der Waals surface area contributed by atoms with E-state index in [2.05, 4.69) is 15.3 Å². The summed E-state index contributed by atoms with van der Waals surface area (Å²) in [6.07, 6.45) is 3.31. The summed E-state index contributed by atoms with van der Waals surface area (Å²) in [6, 6.07) is 15.7. The fourth-order valence-corrected chi connectivity index (χ4v) is 3.37. The highest BCUT2D eigenvalue weighted by Crippen LogP contribution is 2.22. The van der Waals surface area contributed by atoms with E-state index in [9.17, 15) is 4.79 Å². The van der Waals surface area contributed by atoms with Gasteiger partial charge in [-0.25, -0.2) is 0 Å². The van der Waals surface area contributed by atoms with Crippen molar-refractivity contribution in [1.29, 1.82) is 0 Å². The molecule has 0 aliphatic rings. The highest BCUT2D eigenvalue weighted by Gasteiger charge is 2.11. The monoisotopic (exact) mass is 345 g/mol. The number of carbonyl (C=O) groups excluding carboxylic acids is 1. The van der Waals surface area contributed by atoms with Gasteiger partial charge in [0.05, 0.1) is 17.9 Å². The van der Waals surface area contributed by atoms with Gasteiger partial charge in [-0.3, -0.25) is 14.8 Å². The average Bonchev–Trinajstić information content (AvgIpc) is 3.20. The van der Waals surface area contributed by atoms with Crippen molar-refractivity contribution in [3.05, 3.63) is 82.9 Å². The van der Waals surface area contributed by atoms with E-state index < -0.39 is 0 Å². The zero-order valence-electron chi connectivity index (χ0n) is 13.3. The molecule has 0 spiro atoms. The minimum absolute atomic E-state index is 0.118. The molecule has 0 atom stereocenters. The van der Waals surface area contributed by atoms with E-state index in [0.29, 0.717) is 12.1 Å². The van der Waals surface area contributed by atoms with Gasteiger partial charge in [0.15, 0.2) is 0 Å². The summed E-state index contributed by atoms with van der Waals surface area (Å²) < 4.78 is 0. The number of hydrogen-bond donors (Lipinski definition) is 1. The number of benzene rings is 2. The van der Waals surface area contributed by atoms with Crippen LogP contribution >= 0.6 is 11.3 Å². The van der Waals surface area contributed by atoms with Gasteiger partial charge >= 0.3 is 0 Å². The Hall–Kier alpha value is -3.05. The van der Waals surface area contributed by atoms with Crippen LogP contribution in [0.25, 0.3) is 22.0 Å². The molecule has 0 aliphatic heterocycles. The lowest BCUT2D eigenvalue weighted by molar-refractivity contribution is 0.0950. The van der Waals surface area contributed by atoms with Gasteiger partial charge in [0.1, 0.15) is 0 Å². The zero-order chi connectivity index (χ0) is 17.1. The summed E-state index contributed by atoms with van der Waals surface area (Å²) in [5.74, 6) is -0.118. The highest BCUT2D eigenvalue weighted by atomic mass is 32.1. The molecule has 0 fully saturated rings. The van der Waals surface area contributed by atoms with Crippen molar-refractivity contribution >= 4 is 28.0 Å². The van der Waals surface area contributed by atoms with Crippen LogP contribution in [0, 0.1) is 0 Å². The van der Waals surface area contributed by atoms with Gasteiger partial charge < -0.3 is 5.32 Å². The van der Waals surface area contributed by atoms with Gasteiger partial charge in [-0.05, 0) is 34.4 Å². The summed E-state index contributed by atoms with van der Waals surface area (Å²) in [5.41, 5.74) is 3.23. The Balaban J connectivity index is 1.54. The van der Waals surface area contributed by atoms with Crippen LogP contribution in [0.3, 0.4) is 0 Å². The van der Waals surface area contributed by atoms with E-state index in [1.165, 1.54) is 0 Å². The molecule has 4 rings (SSSR count). The van der Waals surface area contributed by atoms with Gasteiger partial charge in [-0.15, -0.1) is 0 Å². The van der Waals surface area contributed by atoms with Gasteiger partial charge in [0.25, 0.3) is 5.91 Å². The Morgan fingerprint density at radius 3 is 2.68 bits per heavy atom. The Morgan fingerprint density at radius 2 is 1.84 bits per heavy atom. The van der Waals surface area contributed by atoms with Crippen LogP contribution in [0.2, 0.25) is 0 Å². The topological polar surface area (TPSA) is 54.9 Å². The molecule has 122 valence electrons. The first-order valence-corrected chi connectivity index (χ1v) is 8.85. The molecular formula is C20H15N3OS. The van der Waals surface area contributed by atoms with Crippen molar-refractivity contribution in [2.24, 2.45) is 0 Å². The molecule has 2 heterocycles. The molecule has 0 saturated heterocycles. The lowest BCUT2D eigenvalue weighted by Crippen LogP contribution is -2.23. The maximum Gasteiger partial charge on any atom is 0.251 e. The van der Waals surface area contributed by atoms with Crippen LogP contribution in [-0.4, -0.2) is 15.9 Å². The number of nitrogens with zero attached hydrogens (tertiary/aromatic N) is 2. The first-order chi connectivity index (χ1) is 12.3. The number of rotatable bonds is 4. The SMILES string of the molecule is O=C(NCc1nccnc1-c1ccsc1)c1ccc2ccccc2c1. The predicted octanol–water partition coefficient (Wildman–Crippen LogP) is 4.29. The summed E-state index contributed by atoms with van der Waals surface area (Å²) in [5, 5.41) is 9.14. The minimum Gasteiger partial charge on any atom is -0.346 e. The molecule has 4 nitrogen and oxygen atoms in total. The normalized spacial score (nSPS) is 10.7. The van der Waals surface area contributed by atoms with Crippen molar-refractivity contribution in [1.82, 2.24) is 15.3 Å². The molecule has 0 saturated carbocycles. The molecule has 25 heavy (non-hydrogen) atoms. The third-order valence-corrected chi connectivity index (χ3v) is 4.68. The van der Waals surface area contributed by atoms with Crippen molar-refractivity contribution in [3.8, 4) is 11.3 Å². The molecule has 1 N–H and O–H groups in total. The van der Waals surface area contributed by atoms with E-state index in [1.807, 2.05) is 59.3 Å². The van der Waals surface area contributed by atoms with Crippen LogP contribution < -0.4 is 5.32 Å². The minimum atomic E-state index is -0.118. The number of carbonyl (C=O) groups is 1. The fraction of sp³-hybridized carbons (Fsp3) is 0.0500. The van der Waals surface area contributed by atoms with Crippen molar-refractivity contribution in [2.45, 2.75) is 6.54 Å². The zero-order valence-corrected chi connectivity index (χ0v) is 14.2. The highest BCUT2D eigenvalue weighted by molar-refractivity contribution is 7.08. The van der Waals surface area contributed by atoms with Crippen LogP contribution in [-0.2, 0) is 6.54 Å². The second-order valence-corrected chi connectivity index (χ2v) is 6.39. The van der Waals surface area contributed by atoms with E-state index >= 15 is 0 Å². The van der Waals surface area contributed by atoms with Gasteiger partial charge in [-0.1, -0.05) is 30.3 Å². The molecule has 0 bridgehead atoms. The third kappa shape index (κ3) is 3.27. The molecule has 5 heteroatoms. The summed E-state index contributed by atoms with van der Waals surface area (Å²) >= 11 is 1.61. The van der Waals surface area contributed by atoms with Crippen molar-refractivity contribution in [3.63, 3.8) is 0 Å². The summed E-state index contributed by atoms with van der Waals surface area (Å²) in [6.45, 7) is 0.338. The Labute approximate surface area is 149 Å². The van der Waals surface area contributed by atoms with Gasteiger partial charge in [0.2, 0.25) is 0 Å². The molecule has 0 aliphatic carbocycles. The lowest BCUT2D eigenvalue weighted by Gasteiger charge is -2.08. The van der Waals surface area contributed by atoms with Gasteiger partial charge in [-0.2, -0.15) is 11.3 Å². The smallest absolute Gasteiger partial charge is 0.251 e. The Kier molecular flexibility index (Phi) is 4.23. The molecule has 1 amide bonds. The number of aromatic nitrogens is 2. The molecular weight excluding hydrogens is 330 g/mol. The largest absolute Gasteiger partial charge is 0.346 e. The van der Waals surface area contributed by atoms with E-state index in [0.717, 1.165) is 27.7 Å². The predicted molar refractivity (Wildman–Crippen MR) is 100 cm³/mol. The van der Waals surface area contributed by atoms with Crippen LogP contribution in [0.5, 0.6) is 0 Å². The standard InChI is InChI=1S/C20H15N3OS/c24-20(16-6-5-14-3-1-2-4-15(14)11-16)23-12-18-19(22-9-8-21-18)17-7-10-25-13-17/h1-11,13H,12H2,(H,23,24). The van der Waals surface area contributed by atoms with E-state index in [1.54, 1.807) is 23.7 Å². The lowest BCUT2D eigenvalue weighted by atomic mass is 10.1. The number of hydrogen-bond acceptors (Lipinski definition) is 4. The average molecular weight is 345 g/mol. The fourth-order valence-electron chi connectivity index (χ4n) is 2.73. The first kappa shape index (κ1) is 15.5. The van der Waals surface area contributed by atoms with Crippen molar-refractivity contribution < 1.29 is 4.79 Å². The maximum absolute atomic E-state index is 12.5. The second kappa shape index (κ2) is 6.83. The quantitative estimate of drug-likeness (QED) is 0.600. The molecule has 2 aromatic carbocycles. The van der Waals surface area contributed by atoms with E-state index in [4.69, 9.17) is 0 Å². The molecule has 2 aromatic heterocycles.